The van der Waals surface area contributed by atoms with E-state index in [0.29, 0.717) is 24.0 Å². The van der Waals surface area contributed by atoms with Crippen molar-refractivity contribution in [2.45, 2.75) is 31.5 Å². The van der Waals surface area contributed by atoms with Gasteiger partial charge in [0.15, 0.2) is 5.60 Å². The number of carbonyl (C=O) groups is 2. The van der Waals surface area contributed by atoms with E-state index in [9.17, 15) is 9.59 Å². The molecule has 144 valence electrons. The minimum Gasteiger partial charge on any atom is -0.459 e. The normalized spacial score (nSPS) is 20.7. The molecule has 0 N–H and O–H groups in total. The van der Waals surface area contributed by atoms with Crippen LogP contribution >= 0.6 is 0 Å². The van der Waals surface area contributed by atoms with E-state index in [1.54, 1.807) is 48.5 Å². The first kappa shape index (κ1) is 19.7. The molecule has 2 aromatic rings. The van der Waals surface area contributed by atoms with E-state index >= 15 is 0 Å². The van der Waals surface area contributed by atoms with Gasteiger partial charge in [-0.15, -0.1) is 0 Å². The molecule has 0 aliphatic carbocycles. The van der Waals surface area contributed by atoms with Gasteiger partial charge in [-0.3, -0.25) is 0 Å². The lowest BCUT2D eigenvalue weighted by Gasteiger charge is -2.22. The van der Waals surface area contributed by atoms with Crippen molar-refractivity contribution in [3.63, 3.8) is 0 Å². The van der Waals surface area contributed by atoms with E-state index in [1.807, 2.05) is 19.1 Å². The Labute approximate surface area is 164 Å². The number of hydrogen-bond donors (Lipinski definition) is 0. The molecule has 1 fully saturated rings. The fraction of sp³-hybridized carbons (Fsp3) is 0.304. The van der Waals surface area contributed by atoms with Gasteiger partial charge in [0.25, 0.3) is 0 Å². The van der Waals surface area contributed by atoms with Gasteiger partial charge in [-0.05, 0) is 24.3 Å². The van der Waals surface area contributed by atoms with Gasteiger partial charge >= 0.3 is 11.9 Å². The summed E-state index contributed by atoms with van der Waals surface area (Å²) in [4.78, 5) is 24.6. The van der Waals surface area contributed by atoms with Crippen LogP contribution < -0.4 is 0 Å². The third-order valence-corrected chi connectivity index (χ3v) is 4.31. The van der Waals surface area contributed by atoms with Gasteiger partial charge in [-0.1, -0.05) is 55.2 Å². The SMILES string of the molecule is CCC#CC1(OC(=O)c2ccccc2)COC(COC(=O)c2ccccc2)C1. The Morgan fingerprint density at radius 3 is 2.25 bits per heavy atom. The highest BCUT2D eigenvalue weighted by molar-refractivity contribution is 5.90. The highest BCUT2D eigenvalue weighted by Crippen LogP contribution is 2.29. The lowest BCUT2D eigenvalue weighted by molar-refractivity contribution is -0.00158. The van der Waals surface area contributed by atoms with Gasteiger partial charge in [0.1, 0.15) is 6.61 Å². The van der Waals surface area contributed by atoms with Crippen LogP contribution in [-0.4, -0.2) is 36.9 Å². The van der Waals surface area contributed by atoms with Crippen LogP contribution in [0.15, 0.2) is 60.7 Å². The van der Waals surface area contributed by atoms with Crippen LogP contribution in [0.1, 0.15) is 40.5 Å². The van der Waals surface area contributed by atoms with Gasteiger partial charge in [0.2, 0.25) is 0 Å². The Balaban J connectivity index is 1.63. The molecule has 28 heavy (non-hydrogen) atoms. The molecule has 0 saturated carbocycles. The van der Waals surface area contributed by atoms with Crippen LogP contribution in [0.5, 0.6) is 0 Å². The lowest BCUT2D eigenvalue weighted by Crippen LogP contribution is -2.35. The van der Waals surface area contributed by atoms with E-state index in [0.717, 1.165) is 0 Å². The third kappa shape index (κ3) is 4.99. The molecule has 5 heteroatoms. The van der Waals surface area contributed by atoms with E-state index in [1.165, 1.54) is 0 Å². The summed E-state index contributed by atoms with van der Waals surface area (Å²) in [6, 6.07) is 17.5. The number of esters is 2. The summed E-state index contributed by atoms with van der Waals surface area (Å²) in [6.45, 7) is 2.15. The number of ether oxygens (including phenoxy) is 3. The Hall–Kier alpha value is -3.10. The smallest absolute Gasteiger partial charge is 0.339 e. The minimum absolute atomic E-state index is 0.0756. The van der Waals surface area contributed by atoms with E-state index < -0.39 is 17.5 Å². The summed E-state index contributed by atoms with van der Waals surface area (Å²) in [5.74, 6) is 5.16. The molecule has 1 aliphatic heterocycles. The Morgan fingerprint density at radius 1 is 1.04 bits per heavy atom. The van der Waals surface area contributed by atoms with Crippen LogP contribution in [0, 0.1) is 11.8 Å². The average Bonchev–Trinajstić information content (AvgIpc) is 3.14. The third-order valence-electron chi connectivity index (χ3n) is 4.31. The second-order valence-electron chi connectivity index (χ2n) is 6.51. The predicted molar refractivity (Wildman–Crippen MR) is 104 cm³/mol. The molecule has 0 bridgehead atoms. The second-order valence-corrected chi connectivity index (χ2v) is 6.51. The summed E-state index contributed by atoms with van der Waals surface area (Å²) in [6.07, 6.45) is 0.598. The predicted octanol–water partition coefficient (Wildman–Crippen LogP) is 3.64. The van der Waals surface area contributed by atoms with Crippen LogP contribution in [0.2, 0.25) is 0 Å². The Kier molecular flexibility index (Phi) is 6.46. The first-order valence-electron chi connectivity index (χ1n) is 9.24. The van der Waals surface area contributed by atoms with Crippen molar-refractivity contribution in [3.8, 4) is 11.8 Å². The molecule has 3 rings (SSSR count). The van der Waals surface area contributed by atoms with Crippen LogP contribution in [-0.2, 0) is 14.2 Å². The fourth-order valence-electron chi connectivity index (χ4n) is 2.92. The maximum absolute atomic E-state index is 12.5. The molecule has 1 saturated heterocycles. The van der Waals surface area contributed by atoms with Crippen molar-refractivity contribution in [2.75, 3.05) is 13.2 Å². The molecule has 2 atom stereocenters. The topological polar surface area (TPSA) is 61.8 Å². The van der Waals surface area contributed by atoms with E-state index in [2.05, 4.69) is 11.8 Å². The standard InChI is InChI=1S/C23H22O5/c1-2-3-14-23(28-22(25)19-12-8-5-9-13-19)15-20(27-17-23)16-26-21(24)18-10-6-4-7-11-18/h4-13,20H,2,15-17H2,1H3. The number of rotatable bonds is 5. The van der Waals surface area contributed by atoms with Crippen molar-refractivity contribution >= 4 is 11.9 Å². The van der Waals surface area contributed by atoms with E-state index in [-0.39, 0.29) is 19.3 Å². The minimum atomic E-state index is -1.03. The maximum atomic E-state index is 12.5. The molecule has 5 nitrogen and oxygen atoms in total. The zero-order chi connectivity index (χ0) is 19.8. The number of hydrogen-bond acceptors (Lipinski definition) is 5. The zero-order valence-corrected chi connectivity index (χ0v) is 15.7. The van der Waals surface area contributed by atoms with Gasteiger partial charge < -0.3 is 14.2 Å². The van der Waals surface area contributed by atoms with Crippen LogP contribution in [0.4, 0.5) is 0 Å². The summed E-state index contributed by atoms with van der Waals surface area (Å²) in [7, 11) is 0. The monoisotopic (exact) mass is 378 g/mol. The Morgan fingerprint density at radius 2 is 1.64 bits per heavy atom. The molecule has 0 spiro atoms. The first-order chi connectivity index (χ1) is 13.6. The fourth-order valence-corrected chi connectivity index (χ4v) is 2.92. The number of benzene rings is 2. The molecule has 0 aromatic heterocycles. The molecule has 2 unspecified atom stereocenters. The molecule has 1 aliphatic rings. The molecule has 0 radical (unpaired) electrons. The van der Waals surface area contributed by atoms with Crippen molar-refractivity contribution in [1.29, 1.82) is 0 Å². The molecular formula is C23H22O5. The Bertz CT molecular complexity index is 866. The highest BCUT2D eigenvalue weighted by atomic mass is 16.6. The van der Waals surface area contributed by atoms with Crippen molar-refractivity contribution in [3.05, 3.63) is 71.8 Å². The molecule has 2 aromatic carbocycles. The van der Waals surface area contributed by atoms with E-state index in [4.69, 9.17) is 14.2 Å². The van der Waals surface area contributed by atoms with Crippen LogP contribution in [0.25, 0.3) is 0 Å². The maximum Gasteiger partial charge on any atom is 0.339 e. The van der Waals surface area contributed by atoms with Gasteiger partial charge in [-0.2, -0.15) is 0 Å². The highest BCUT2D eigenvalue weighted by Gasteiger charge is 2.43. The average molecular weight is 378 g/mol. The van der Waals surface area contributed by atoms with Crippen molar-refractivity contribution < 1.29 is 23.8 Å². The lowest BCUT2D eigenvalue weighted by atomic mass is 10.00. The summed E-state index contributed by atoms with van der Waals surface area (Å²) < 4.78 is 16.8. The first-order valence-corrected chi connectivity index (χ1v) is 9.24. The second kappa shape index (κ2) is 9.20. The summed E-state index contributed by atoms with van der Waals surface area (Å²) in [5.41, 5.74) is -0.0978. The van der Waals surface area contributed by atoms with Crippen molar-refractivity contribution in [2.24, 2.45) is 0 Å². The molecular weight excluding hydrogens is 356 g/mol. The number of carbonyl (C=O) groups excluding carboxylic acids is 2. The van der Waals surface area contributed by atoms with Gasteiger partial charge in [0, 0.05) is 12.8 Å². The van der Waals surface area contributed by atoms with Crippen LogP contribution in [0.3, 0.4) is 0 Å². The molecule has 1 heterocycles. The zero-order valence-electron chi connectivity index (χ0n) is 15.7. The van der Waals surface area contributed by atoms with Crippen molar-refractivity contribution in [1.82, 2.24) is 0 Å². The van der Waals surface area contributed by atoms with Gasteiger partial charge in [0.05, 0.1) is 23.8 Å². The summed E-state index contributed by atoms with van der Waals surface area (Å²) >= 11 is 0. The van der Waals surface area contributed by atoms with Gasteiger partial charge in [-0.25, -0.2) is 9.59 Å². The largest absolute Gasteiger partial charge is 0.459 e. The molecule has 0 amide bonds. The summed E-state index contributed by atoms with van der Waals surface area (Å²) in [5, 5.41) is 0. The quantitative estimate of drug-likeness (QED) is 0.587.